The van der Waals surface area contributed by atoms with E-state index in [9.17, 15) is 14.4 Å². The highest BCUT2D eigenvalue weighted by Gasteiger charge is 2.33. The second kappa shape index (κ2) is 10.1. The second-order valence-electron chi connectivity index (χ2n) is 7.03. The molecule has 2 N–H and O–H groups in total. The van der Waals surface area contributed by atoms with Gasteiger partial charge in [0, 0.05) is 18.7 Å². The lowest BCUT2D eigenvalue weighted by atomic mass is 10.0. The maximum absolute atomic E-state index is 13.0. The smallest absolute Gasteiger partial charge is 0.306 e. The number of ether oxygens (including phenoxy) is 2. The van der Waals surface area contributed by atoms with Crippen molar-refractivity contribution in [2.75, 3.05) is 26.3 Å². The Hall–Kier alpha value is -2.61. The molecule has 154 valence electrons. The van der Waals surface area contributed by atoms with Crippen LogP contribution in [-0.4, -0.2) is 66.2 Å². The molecule has 1 aliphatic rings. The van der Waals surface area contributed by atoms with Crippen molar-refractivity contribution in [3.05, 3.63) is 29.8 Å². The van der Waals surface area contributed by atoms with Crippen LogP contribution in [0.15, 0.2) is 24.3 Å². The summed E-state index contributed by atoms with van der Waals surface area (Å²) < 4.78 is 10.8. The van der Waals surface area contributed by atoms with E-state index in [1.165, 1.54) is 0 Å². The number of hydrogen-bond acceptors (Lipinski definition) is 5. The van der Waals surface area contributed by atoms with Gasteiger partial charge in [-0.25, -0.2) is 0 Å². The summed E-state index contributed by atoms with van der Waals surface area (Å²) in [7, 11) is 0. The zero-order valence-electron chi connectivity index (χ0n) is 16.5. The lowest BCUT2D eigenvalue weighted by Gasteiger charge is -2.35. The highest BCUT2D eigenvalue weighted by Crippen LogP contribution is 2.15. The highest BCUT2D eigenvalue weighted by atomic mass is 16.5. The van der Waals surface area contributed by atoms with Crippen molar-refractivity contribution in [2.45, 2.75) is 39.3 Å². The molecule has 8 nitrogen and oxygen atoms in total. The number of rotatable bonds is 8. The quantitative estimate of drug-likeness (QED) is 0.695. The van der Waals surface area contributed by atoms with E-state index < -0.39 is 18.1 Å². The monoisotopic (exact) mass is 392 g/mol. The molecule has 2 rings (SSSR count). The molecule has 1 aromatic rings. The second-order valence-corrected chi connectivity index (χ2v) is 7.03. The predicted octanol–water partition coefficient (Wildman–Crippen LogP) is 1.54. The van der Waals surface area contributed by atoms with Crippen LogP contribution < -0.4 is 10.1 Å². The Morgan fingerprint density at radius 2 is 1.96 bits per heavy atom. The highest BCUT2D eigenvalue weighted by molar-refractivity contribution is 5.97. The normalized spacial score (nSPS) is 17.9. The lowest BCUT2D eigenvalue weighted by molar-refractivity contribution is -0.149. The fourth-order valence-corrected chi connectivity index (χ4v) is 3.04. The SMILES string of the molecule is CCOc1ccc(C(=O)NC(C(=O)N2CCOC(CC(=O)O)C2)C(C)C)cc1. The Morgan fingerprint density at radius 1 is 1.29 bits per heavy atom. The van der Waals surface area contributed by atoms with Crippen LogP contribution in [0, 0.1) is 5.92 Å². The van der Waals surface area contributed by atoms with Crippen molar-refractivity contribution in [1.82, 2.24) is 10.2 Å². The first-order chi connectivity index (χ1) is 13.3. The van der Waals surface area contributed by atoms with E-state index in [2.05, 4.69) is 5.32 Å². The summed E-state index contributed by atoms with van der Waals surface area (Å²) in [5.74, 6) is -0.991. The van der Waals surface area contributed by atoms with Crippen molar-refractivity contribution in [1.29, 1.82) is 0 Å². The van der Waals surface area contributed by atoms with Gasteiger partial charge >= 0.3 is 5.97 Å². The first kappa shape index (κ1) is 21.7. The Bertz CT molecular complexity index is 688. The van der Waals surface area contributed by atoms with E-state index in [0.29, 0.717) is 24.5 Å². The lowest BCUT2D eigenvalue weighted by Crippen LogP contribution is -2.55. The van der Waals surface area contributed by atoms with Crippen LogP contribution in [0.5, 0.6) is 5.75 Å². The number of carboxylic acid groups (broad SMARTS) is 1. The van der Waals surface area contributed by atoms with E-state index in [1.54, 1.807) is 29.2 Å². The van der Waals surface area contributed by atoms with E-state index >= 15 is 0 Å². The summed E-state index contributed by atoms with van der Waals surface area (Å²) in [5, 5.41) is 11.7. The molecule has 0 aliphatic carbocycles. The fourth-order valence-electron chi connectivity index (χ4n) is 3.04. The largest absolute Gasteiger partial charge is 0.494 e. The van der Waals surface area contributed by atoms with Crippen LogP contribution >= 0.6 is 0 Å². The summed E-state index contributed by atoms with van der Waals surface area (Å²) in [6, 6.07) is 6.02. The predicted molar refractivity (Wildman–Crippen MR) is 102 cm³/mol. The Kier molecular flexibility index (Phi) is 7.80. The van der Waals surface area contributed by atoms with Crippen molar-refractivity contribution < 1.29 is 29.0 Å². The number of amides is 2. The first-order valence-electron chi connectivity index (χ1n) is 9.47. The molecule has 0 bridgehead atoms. The van der Waals surface area contributed by atoms with E-state index in [-0.39, 0.29) is 37.3 Å². The van der Waals surface area contributed by atoms with Crippen molar-refractivity contribution in [3.63, 3.8) is 0 Å². The molecule has 2 amide bonds. The molecule has 28 heavy (non-hydrogen) atoms. The molecule has 1 fully saturated rings. The summed E-state index contributed by atoms with van der Waals surface area (Å²) in [6.07, 6.45) is -0.695. The summed E-state index contributed by atoms with van der Waals surface area (Å²) in [6.45, 7) is 6.99. The molecular weight excluding hydrogens is 364 g/mol. The number of benzene rings is 1. The zero-order valence-corrected chi connectivity index (χ0v) is 16.5. The van der Waals surface area contributed by atoms with Crippen molar-refractivity contribution in [3.8, 4) is 5.75 Å². The van der Waals surface area contributed by atoms with Crippen LogP contribution in [-0.2, 0) is 14.3 Å². The van der Waals surface area contributed by atoms with Gasteiger partial charge in [-0.3, -0.25) is 14.4 Å². The number of morpholine rings is 1. The minimum atomic E-state index is -0.969. The van der Waals surface area contributed by atoms with Gasteiger partial charge in [-0.15, -0.1) is 0 Å². The van der Waals surface area contributed by atoms with Crippen LogP contribution in [0.1, 0.15) is 37.6 Å². The minimum absolute atomic E-state index is 0.125. The molecule has 2 unspecified atom stereocenters. The fraction of sp³-hybridized carbons (Fsp3) is 0.550. The van der Waals surface area contributed by atoms with Gasteiger partial charge in [-0.1, -0.05) is 13.8 Å². The molecule has 0 radical (unpaired) electrons. The molecule has 1 aromatic carbocycles. The molecule has 0 aromatic heterocycles. The number of carbonyl (C=O) groups excluding carboxylic acids is 2. The van der Waals surface area contributed by atoms with Gasteiger partial charge in [0.15, 0.2) is 0 Å². The van der Waals surface area contributed by atoms with E-state index in [0.717, 1.165) is 0 Å². The standard InChI is InChI=1S/C20H28N2O6/c1-4-27-15-7-5-14(6-8-15)19(25)21-18(13(2)3)20(26)22-9-10-28-16(12-22)11-17(23)24/h5-8,13,16,18H,4,9-12H2,1-3H3,(H,21,25)(H,23,24). The number of carboxylic acids is 1. The molecule has 0 spiro atoms. The minimum Gasteiger partial charge on any atom is -0.494 e. The van der Waals surface area contributed by atoms with E-state index in [1.807, 2.05) is 20.8 Å². The number of nitrogens with one attached hydrogen (secondary N) is 1. The number of nitrogens with zero attached hydrogens (tertiary/aromatic N) is 1. The third-order valence-corrected chi connectivity index (χ3v) is 4.50. The number of aliphatic carboxylic acids is 1. The van der Waals surface area contributed by atoms with Gasteiger partial charge in [0.05, 0.1) is 25.7 Å². The summed E-state index contributed by atoms with van der Waals surface area (Å²) in [5.41, 5.74) is 0.438. The molecule has 1 saturated heterocycles. The van der Waals surface area contributed by atoms with Gasteiger partial charge < -0.3 is 24.8 Å². The third-order valence-electron chi connectivity index (χ3n) is 4.50. The summed E-state index contributed by atoms with van der Waals surface area (Å²) in [4.78, 5) is 38.0. The zero-order chi connectivity index (χ0) is 20.7. The molecule has 0 saturated carbocycles. The van der Waals surface area contributed by atoms with Crippen LogP contribution in [0.4, 0.5) is 0 Å². The van der Waals surface area contributed by atoms with Gasteiger partial charge in [0.25, 0.3) is 5.91 Å². The van der Waals surface area contributed by atoms with Crippen LogP contribution in [0.3, 0.4) is 0 Å². The van der Waals surface area contributed by atoms with Crippen LogP contribution in [0.2, 0.25) is 0 Å². The van der Waals surface area contributed by atoms with Crippen molar-refractivity contribution >= 4 is 17.8 Å². The van der Waals surface area contributed by atoms with Gasteiger partial charge in [0.2, 0.25) is 5.91 Å². The van der Waals surface area contributed by atoms with Crippen molar-refractivity contribution in [2.24, 2.45) is 5.92 Å². The van der Waals surface area contributed by atoms with E-state index in [4.69, 9.17) is 14.6 Å². The number of carbonyl (C=O) groups is 3. The van der Waals surface area contributed by atoms with Gasteiger partial charge in [-0.05, 0) is 37.1 Å². The maximum atomic E-state index is 13.0. The molecule has 1 heterocycles. The Labute approximate surface area is 164 Å². The first-order valence-corrected chi connectivity index (χ1v) is 9.47. The molecule has 1 aliphatic heterocycles. The average molecular weight is 392 g/mol. The Morgan fingerprint density at radius 3 is 2.54 bits per heavy atom. The molecule has 8 heteroatoms. The topological polar surface area (TPSA) is 105 Å². The molecular formula is C20H28N2O6. The Balaban J connectivity index is 2.04. The van der Waals surface area contributed by atoms with Gasteiger partial charge in [0.1, 0.15) is 11.8 Å². The third kappa shape index (κ3) is 5.95. The van der Waals surface area contributed by atoms with Gasteiger partial charge in [-0.2, -0.15) is 0 Å². The summed E-state index contributed by atoms with van der Waals surface area (Å²) >= 11 is 0. The number of hydrogen-bond donors (Lipinski definition) is 2. The average Bonchev–Trinajstić information content (AvgIpc) is 2.65. The maximum Gasteiger partial charge on any atom is 0.306 e. The van der Waals surface area contributed by atoms with Crippen LogP contribution in [0.25, 0.3) is 0 Å². The molecule has 2 atom stereocenters.